The third kappa shape index (κ3) is 3.69. The largest absolute Gasteiger partial charge is 0.496 e. The van der Waals surface area contributed by atoms with Gasteiger partial charge in [-0.2, -0.15) is 0 Å². The SMILES string of the molecule is CCC(CC)(CN)NC(=O)c1ccc([N+](=O)[O-])cc1OC. The second-order valence-electron chi connectivity index (χ2n) is 4.79. The molecule has 0 heterocycles. The number of benzene rings is 1. The van der Waals surface area contributed by atoms with Crippen LogP contribution in [0.3, 0.4) is 0 Å². The van der Waals surface area contributed by atoms with Crippen molar-refractivity contribution in [3.63, 3.8) is 0 Å². The van der Waals surface area contributed by atoms with Crippen molar-refractivity contribution in [2.24, 2.45) is 5.73 Å². The van der Waals surface area contributed by atoms with Gasteiger partial charge in [0, 0.05) is 12.6 Å². The van der Waals surface area contributed by atoms with E-state index in [2.05, 4.69) is 5.32 Å². The number of nitrogens with zero attached hydrogens (tertiary/aromatic N) is 1. The van der Waals surface area contributed by atoms with Gasteiger partial charge in [-0.15, -0.1) is 0 Å². The zero-order chi connectivity index (χ0) is 16.0. The van der Waals surface area contributed by atoms with E-state index in [1.54, 1.807) is 0 Å². The van der Waals surface area contributed by atoms with Crippen molar-refractivity contribution in [3.8, 4) is 5.75 Å². The first-order chi connectivity index (χ1) is 9.92. The summed E-state index contributed by atoms with van der Waals surface area (Å²) >= 11 is 0. The van der Waals surface area contributed by atoms with Crippen LogP contribution >= 0.6 is 0 Å². The molecule has 0 unspecified atom stereocenters. The van der Waals surface area contributed by atoms with Crippen LogP contribution in [-0.4, -0.2) is 30.0 Å². The van der Waals surface area contributed by atoms with E-state index in [1.165, 1.54) is 25.3 Å². The maximum absolute atomic E-state index is 12.4. The fraction of sp³-hybridized carbons (Fsp3) is 0.500. The highest BCUT2D eigenvalue weighted by Crippen LogP contribution is 2.25. The van der Waals surface area contributed by atoms with Crippen molar-refractivity contribution in [2.75, 3.05) is 13.7 Å². The molecule has 0 spiro atoms. The summed E-state index contributed by atoms with van der Waals surface area (Å²) in [6.07, 6.45) is 1.39. The Kier molecular flexibility index (Phi) is 5.66. The minimum atomic E-state index is -0.535. The second-order valence-corrected chi connectivity index (χ2v) is 4.79. The number of rotatable bonds is 7. The third-order valence-electron chi connectivity index (χ3n) is 3.76. The third-order valence-corrected chi connectivity index (χ3v) is 3.76. The van der Waals surface area contributed by atoms with E-state index in [9.17, 15) is 14.9 Å². The number of carbonyl (C=O) groups excluding carboxylic acids is 1. The van der Waals surface area contributed by atoms with Crippen LogP contribution in [0.1, 0.15) is 37.0 Å². The lowest BCUT2D eigenvalue weighted by Crippen LogP contribution is -2.52. The number of methoxy groups -OCH3 is 1. The number of non-ortho nitro benzene ring substituents is 1. The van der Waals surface area contributed by atoms with Crippen LogP contribution in [-0.2, 0) is 0 Å². The summed E-state index contributed by atoms with van der Waals surface area (Å²) in [5.74, 6) is -0.185. The Morgan fingerprint density at radius 3 is 2.48 bits per heavy atom. The minimum absolute atomic E-state index is 0.125. The van der Waals surface area contributed by atoms with E-state index in [0.717, 1.165) is 0 Å². The minimum Gasteiger partial charge on any atom is -0.496 e. The van der Waals surface area contributed by atoms with Gasteiger partial charge < -0.3 is 15.8 Å². The van der Waals surface area contributed by atoms with Crippen LogP contribution in [0.5, 0.6) is 5.75 Å². The molecule has 0 bridgehead atoms. The Morgan fingerprint density at radius 1 is 1.43 bits per heavy atom. The molecule has 0 aliphatic heterocycles. The van der Waals surface area contributed by atoms with Crippen molar-refractivity contribution in [1.82, 2.24) is 5.32 Å². The first-order valence-corrected chi connectivity index (χ1v) is 6.78. The van der Waals surface area contributed by atoms with Crippen LogP contribution in [0.25, 0.3) is 0 Å². The molecule has 1 rings (SSSR count). The molecule has 0 fully saturated rings. The monoisotopic (exact) mass is 295 g/mol. The lowest BCUT2D eigenvalue weighted by molar-refractivity contribution is -0.384. The van der Waals surface area contributed by atoms with Gasteiger partial charge >= 0.3 is 0 Å². The summed E-state index contributed by atoms with van der Waals surface area (Å²) in [4.78, 5) is 22.6. The van der Waals surface area contributed by atoms with Crippen LogP contribution < -0.4 is 15.8 Å². The van der Waals surface area contributed by atoms with E-state index in [1.807, 2.05) is 13.8 Å². The smallest absolute Gasteiger partial charge is 0.273 e. The van der Waals surface area contributed by atoms with Gasteiger partial charge in [-0.3, -0.25) is 14.9 Å². The molecule has 0 radical (unpaired) electrons. The first-order valence-electron chi connectivity index (χ1n) is 6.78. The predicted molar refractivity (Wildman–Crippen MR) is 79.5 cm³/mol. The number of hydrogen-bond donors (Lipinski definition) is 2. The zero-order valence-electron chi connectivity index (χ0n) is 12.5. The molecule has 0 atom stereocenters. The maximum Gasteiger partial charge on any atom is 0.273 e. The number of nitrogens with one attached hydrogen (secondary N) is 1. The Hall–Kier alpha value is -2.15. The van der Waals surface area contributed by atoms with Crippen molar-refractivity contribution in [1.29, 1.82) is 0 Å². The summed E-state index contributed by atoms with van der Waals surface area (Å²) in [5.41, 5.74) is 5.40. The Bertz CT molecular complexity index is 519. The molecular weight excluding hydrogens is 274 g/mol. The Balaban J connectivity index is 3.10. The summed E-state index contributed by atoms with van der Waals surface area (Å²) in [6, 6.07) is 3.90. The lowest BCUT2D eigenvalue weighted by Gasteiger charge is -2.31. The van der Waals surface area contributed by atoms with E-state index in [-0.39, 0.29) is 22.9 Å². The van der Waals surface area contributed by atoms with E-state index in [0.29, 0.717) is 19.4 Å². The average Bonchev–Trinajstić information content (AvgIpc) is 2.51. The summed E-state index contributed by atoms with van der Waals surface area (Å²) in [6.45, 7) is 4.22. The second kappa shape index (κ2) is 7.03. The standard InChI is InChI=1S/C14H21N3O4/c1-4-14(5-2,9-15)16-13(18)11-7-6-10(17(19)20)8-12(11)21-3/h6-8H,4-5,9,15H2,1-3H3,(H,16,18). The quantitative estimate of drug-likeness (QED) is 0.589. The Labute approximate surface area is 123 Å². The van der Waals surface area contributed by atoms with Gasteiger partial charge in [0.25, 0.3) is 11.6 Å². The van der Waals surface area contributed by atoms with Gasteiger partial charge in [0.15, 0.2) is 0 Å². The summed E-state index contributed by atoms with van der Waals surface area (Å²) in [7, 11) is 1.37. The zero-order valence-corrected chi connectivity index (χ0v) is 12.5. The number of nitrogens with two attached hydrogens (primary N) is 1. The number of hydrogen-bond acceptors (Lipinski definition) is 5. The highest BCUT2D eigenvalue weighted by atomic mass is 16.6. The van der Waals surface area contributed by atoms with Gasteiger partial charge in [0.1, 0.15) is 5.75 Å². The lowest BCUT2D eigenvalue weighted by atomic mass is 9.92. The number of amides is 1. The first kappa shape index (κ1) is 16.9. The van der Waals surface area contributed by atoms with Gasteiger partial charge in [-0.05, 0) is 18.9 Å². The normalized spacial score (nSPS) is 11.0. The van der Waals surface area contributed by atoms with Crippen LogP contribution in [0.2, 0.25) is 0 Å². The number of nitro benzene ring substituents is 1. The van der Waals surface area contributed by atoms with Crippen molar-refractivity contribution >= 4 is 11.6 Å². The molecule has 116 valence electrons. The number of carbonyl (C=O) groups is 1. The molecule has 21 heavy (non-hydrogen) atoms. The molecular formula is C14H21N3O4. The molecule has 1 amide bonds. The van der Waals surface area contributed by atoms with Gasteiger partial charge in [-0.25, -0.2) is 0 Å². The molecule has 7 nitrogen and oxygen atoms in total. The Morgan fingerprint density at radius 2 is 2.05 bits per heavy atom. The van der Waals surface area contributed by atoms with Gasteiger partial charge in [-0.1, -0.05) is 13.8 Å². The van der Waals surface area contributed by atoms with E-state index < -0.39 is 10.5 Å². The van der Waals surface area contributed by atoms with Crippen LogP contribution in [0, 0.1) is 10.1 Å². The average molecular weight is 295 g/mol. The molecule has 3 N–H and O–H groups in total. The van der Waals surface area contributed by atoms with Crippen LogP contribution in [0.15, 0.2) is 18.2 Å². The van der Waals surface area contributed by atoms with Gasteiger partial charge in [0.2, 0.25) is 0 Å². The molecule has 0 saturated heterocycles. The summed E-state index contributed by atoms with van der Waals surface area (Å²) < 4.78 is 5.08. The fourth-order valence-electron chi connectivity index (χ4n) is 2.06. The van der Waals surface area contributed by atoms with Crippen LogP contribution in [0.4, 0.5) is 5.69 Å². The van der Waals surface area contributed by atoms with E-state index >= 15 is 0 Å². The molecule has 0 aliphatic rings. The molecule has 7 heteroatoms. The molecule has 0 aromatic heterocycles. The predicted octanol–water partition coefficient (Wildman–Crippen LogP) is 1.85. The number of nitro groups is 1. The fourth-order valence-corrected chi connectivity index (χ4v) is 2.06. The molecule has 1 aromatic carbocycles. The number of ether oxygens (including phenoxy) is 1. The van der Waals surface area contributed by atoms with Gasteiger partial charge in [0.05, 0.1) is 29.2 Å². The summed E-state index contributed by atoms with van der Waals surface area (Å²) in [5, 5.41) is 13.7. The molecule has 1 aromatic rings. The maximum atomic E-state index is 12.4. The van der Waals surface area contributed by atoms with Crippen molar-refractivity contribution < 1.29 is 14.5 Å². The molecule has 0 saturated carbocycles. The van der Waals surface area contributed by atoms with Crippen molar-refractivity contribution in [3.05, 3.63) is 33.9 Å². The topological polar surface area (TPSA) is 107 Å². The molecule has 0 aliphatic carbocycles. The highest BCUT2D eigenvalue weighted by Gasteiger charge is 2.28. The van der Waals surface area contributed by atoms with Crippen molar-refractivity contribution in [2.45, 2.75) is 32.2 Å². The highest BCUT2D eigenvalue weighted by molar-refractivity contribution is 5.97. The van der Waals surface area contributed by atoms with E-state index in [4.69, 9.17) is 10.5 Å².